The van der Waals surface area contributed by atoms with Gasteiger partial charge in [0.2, 0.25) is 5.91 Å². The first kappa shape index (κ1) is 22.5. The number of carbonyl (C=O) groups is 1. The lowest BCUT2D eigenvalue weighted by atomic mass is 9.97. The summed E-state index contributed by atoms with van der Waals surface area (Å²) in [7, 11) is 1.33. The van der Waals surface area contributed by atoms with Crippen LogP contribution < -0.4 is 5.32 Å². The van der Waals surface area contributed by atoms with Gasteiger partial charge in [-0.1, -0.05) is 12.1 Å². The minimum atomic E-state index is -1.36. The minimum Gasteiger partial charge on any atom is -0.394 e. The van der Waals surface area contributed by atoms with Crippen molar-refractivity contribution < 1.29 is 34.5 Å². The number of nitro benzene ring substituents is 1. The first-order valence-electron chi connectivity index (χ1n) is 8.69. The van der Waals surface area contributed by atoms with Gasteiger partial charge in [0.15, 0.2) is 6.29 Å². The van der Waals surface area contributed by atoms with Crippen LogP contribution in [-0.2, 0) is 14.3 Å². The molecule has 1 saturated heterocycles. The molecular formula is C17H24N2O8S. The number of nitrogens with zero attached hydrogens (tertiary/aromatic N) is 1. The average Bonchev–Trinajstić information content (AvgIpc) is 2.69. The molecular weight excluding hydrogens is 392 g/mol. The number of benzene rings is 1. The monoisotopic (exact) mass is 416 g/mol. The van der Waals surface area contributed by atoms with Crippen LogP contribution in [0.4, 0.5) is 5.69 Å². The first-order valence-corrected chi connectivity index (χ1v) is 9.68. The molecule has 1 fully saturated rings. The molecule has 1 aliphatic heterocycles. The average molecular weight is 416 g/mol. The summed E-state index contributed by atoms with van der Waals surface area (Å²) in [6, 6.07) is 5.39. The number of thioether (sulfide) groups is 1. The van der Waals surface area contributed by atoms with Crippen LogP contribution in [0.1, 0.15) is 12.8 Å². The number of amides is 1. The van der Waals surface area contributed by atoms with Gasteiger partial charge in [-0.05, 0) is 18.2 Å². The van der Waals surface area contributed by atoms with E-state index in [0.29, 0.717) is 17.1 Å². The third kappa shape index (κ3) is 5.63. The molecule has 1 amide bonds. The Labute approximate surface area is 166 Å². The van der Waals surface area contributed by atoms with Gasteiger partial charge in [-0.2, -0.15) is 0 Å². The van der Waals surface area contributed by atoms with E-state index in [9.17, 15) is 25.1 Å². The van der Waals surface area contributed by atoms with Crippen LogP contribution in [0.5, 0.6) is 0 Å². The van der Waals surface area contributed by atoms with Crippen molar-refractivity contribution in [2.45, 2.75) is 48.4 Å². The number of aliphatic hydroxyl groups is 3. The van der Waals surface area contributed by atoms with Crippen LogP contribution in [0, 0.1) is 10.1 Å². The van der Waals surface area contributed by atoms with Crippen molar-refractivity contribution in [3.8, 4) is 0 Å². The Morgan fingerprint density at radius 1 is 1.36 bits per heavy atom. The van der Waals surface area contributed by atoms with Crippen molar-refractivity contribution in [1.82, 2.24) is 5.32 Å². The number of aliphatic hydroxyl groups excluding tert-OH is 3. The van der Waals surface area contributed by atoms with E-state index in [-0.39, 0.29) is 18.0 Å². The lowest BCUT2D eigenvalue weighted by molar-refractivity contribution is -0.387. The summed E-state index contributed by atoms with van der Waals surface area (Å²) in [4.78, 5) is 23.3. The van der Waals surface area contributed by atoms with Crippen LogP contribution in [0.15, 0.2) is 29.2 Å². The number of nitro groups is 1. The summed E-state index contributed by atoms with van der Waals surface area (Å²) in [6.45, 7) is -0.498. The highest BCUT2D eigenvalue weighted by Crippen LogP contribution is 2.29. The Morgan fingerprint density at radius 3 is 2.71 bits per heavy atom. The Balaban J connectivity index is 1.83. The normalized spacial score (nSPS) is 27.4. The van der Waals surface area contributed by atoms with Gasteiger partial charge in [0.1, 0.15) is 24.4 Å². The number of hydrogen-bond donors (Lipinski definition) is 4. The highest BCUT2D eigenvalue weighted by molar-refractivity contribution is 7.99. The van der Waals surface area contributed by atoms with E-state index in [0.717, 1.165) is 0 Å². The lowest BCUT2D eigenvalue weighted by Crippen LogP contribution is -2.64. The molecule has 0 saturated carbocycles. The van der Waals surface area contributed by atoms with Crippen LogP contribution in [0.3, 0.4) is 0 Å². The van der Waals surface area contributed by atoms with E-state index in [2.05, 4.69) is 5.32 Å². The maximum atomic E-state index is 12.2. The molecule has 10 nitrogen and oxygen atoms in total. The molecule has 2 rings (SSSR count). The molecule has 4 N–H and O–H groups in total. The van der Waals surface area contributed by atoms with Gasteiger partial charge in [-0.15, -0.1) is 11.8 Å². The number of nitrogens with one attached hydrogen (secondary N) is 1. The predicted molar refractivity (Wildman–Crippen MR) is 99.8 cm³/mol. The summed E-state index contributed by atoms with van der Waals surface area (Å²) in [5, 5.41) is 42.9. The number of hydrogen-bond acceptors (Lipinski definition) is 9. The SMILES string of the molecule is COC1OC(CO)C(O)C(O)C1NC(=O)CCCSc1ccccc1[N+](=O)[O-]. The third-order valence-corrected chi connectivity index (χ3v) is 5.46. The zero-order valence-electron chi connectivity index (χ0n) is 15.3. The van der Waals surface area contributed by atoms with Gasteiger partial charge in [0.25, 0.3) is 5.69 Å². The molecule has 0 aliphatic carbocycles. The number of ether oxygens (including phenoxy) is 2. The lowest BCUT2D eigenvalue weighted by Gasteiger charge is -2.41. The van der Waals surface area contributed by atoms with Gasteiger partial charge in [0, 0.05) is 19.6 Å². The Morgan fingerprint density at radius 2 is 2.07 bits per heavy atom. The molecule has 0 bridgehead atoms. The molecule has 5 atom stereocenters. The quantitative estimate of drug-likeness (QED) is 0.189. The maximum absolute atomic E-state index is 12.2. The third-order valence-electron chi connectivity index (χ3n) is 4.31. The van der Waals surface area contributed by atoms with Crippen LogP contribution in [-0.4, -0.2) is 76.3 Å². The predicted octanol–water partition coefficient (Wildman–Crippen LogP) is 0.0373. The summed E-state index contributed by atoms with van der Waals surface area (Å²) in [5.74, 6) is 0.109. The van der Waals surface area contributed by atoms with Crippen LogP contribution in [0.25, 0.3) is 0 Å². The summed E-state index contributed by atoms with van der Waals surface area (Å²) >= 11 is 1.28. The number of para-hydroxylation sites is 1. The highest BCUT2D eigenvalue weighted by atomic mass is 32.2. The Hall–Kier alpha value is -1.76. The second kappa shape index (κ2) is 10.7. The van der Waals surface area contributed by atoms with Gasteiger partial charge < -0.3 is 30.1 Å². The van der Waals surface area contributed by atoms with E-state index >= 15 is 0 Å². The fourth-order valence-corrected chi connectivity index (χ4v) is 3.81. The zero-order chi connectivity index (χ0) is 20.7. The first-order chi connectivity index (χ1) is 13.4. The van der Waals surface area contributed by atoms with E-state index in [4.69, 9.17) is 14.6 Å². The Kier molecular flexibility index (Phi) is 8.60. The van der Waals surface area contributed by atoms with Crippen LogP contribution in [0.2, 0.25) is 0 Å². The molecule has 1 heterocycles. The molecule has 0 aromatic heterocycles. The molecule has 1 aromatic carbocycles. The number of rotatable bonds is 9. The molecule has 0 spiro atoms. The minimum absolute atomic E-state index is 0.0230. The molecule has 1 aromatic rings. The van der Waals surface area contributed by atoms with E-state index in [1.807, 2.05) is 0 Å². The maximum Gasteiger partial charge on any atom is 0.282 e. The van der Waals surface area contributed by atoms with Gasteiger partial charge in [0.05, 0.1) is 16.4 Å². The van der Waals surface area contributed by atoms with Gasteiger partial charge >= 0.3 is 0 Å². The fraction of sp³-hybridized carbons (Fsp3) is 0.588. The smallest absolute Gasteiger partial charge is 0.282 e. The van der Waals surface area contributed by atoms with Crippen molar-refractivity contribution in [2.24, 2.45) is 0 Å². The molecule has 5 unspecified atom stereocenters. The van der Waals surface area contributed by atoms with E-state index in [1.165, 1.54) is 24.9 Å². The van der Waals surface area contributed by atoms with Crippen molar-refractivity contribution in [3.05, 3.63) is 34.4 Å². The van der Waals surface area contributed by atoms with Crippen molar-refractivity contribution in [1.29, 1.82) is 0 Å². The molecule has 28 heavy (non-hydrogen) atoms. The van der Waals surface area contributed by atoms with E-state index < -0.39 is 42.2 Å². The van der Waals surface area contributed by atoms with Crippen molar-refractivity contribution in [2.75, 3.05) is 19.5 Å². The second-order valence-corrected chi connectivity index (χ2v) is 7.35. The molecule has 11 heteroatoms. The summed E-state index contributed by atoms with van der Waals surface area (Å²) < 4.78 is 10.4. The Bertz CT molecular complexity index is 674. The molecule has 1 aliphatic rings. The van der Waals surface area contributed by atoms with Crippen molar-refractivity contribution >= 4 is 23.4 Å². The summed E-state index contributed by atoms with van der Waals surface area (Å²) in [5.41, 5.74) is 0.0230. The topological polar surface area (TPSA) is 151 Å². The van der Waals surface area contributed by atoms with Crippen LogP contribution >= 0.6 is 11.8 Å². The molecule has 0 radical (unpaired) electrons. The molecule has 156 valence electrons. The number of methoxy groups -OCH3 is 1. The zero-order valence-corrected chi connectivity index (χ0v) is 16.1. The highest BCUT2D eigenvalue weighted by Gasteiger charge is 2.45. The number of carbonyl (C=O) groups excluding carboxylic acids is 1. The summed E-state index contributed by atoms with van der Waals surface area (Å²) in [6.07, 6.45) is -4.18. The second-order valence-electron chi connectivity index (χ2n) is 6.21. The fourth-order valence-electron chi connectivity index (χ4n) is 2.84. The van der Waals surface area contributed by atoms with Crippen molar-refractivity contribution in [3.63, 3.8) is 0 Å². The standard InChI is InChI=1S/C17H24N2O8S/c1-26-17-14(16(23)15(22)11(9-20)27-17)18-13(21)7-4-8-28-12-6-3-2-5-10(12)19(24)25/h2-3,5-6,11,14-17,20,22-23H,4,7-9H2,1H3,(H,18,21). The van der Waals surface area contributed by atoms with E-state index in [1.54, 1.807) is 18.2 Å². The largest absolute Gasteiger partial charge is 0.394 e. The van der Waals surface area contributed by atoms with Gasteiger partial charge in [-0.3, -0.25) is 14.9 Å². The van der Waals surface area contributed by atoms with Gasteiger partial charge in [-0.25, -0.2) is 0 Å².